The summed E-state index contributed by atoms with van der Waals surface area (Å²) in [4.78, 5) is 4.49. The predicted octanol–water partition coefficient (Wildman–Crippen LogP) is 5.48. The van der Waals surface area contributed by atoms with E-state index in [1.54, 1.807) is 12.1 Å². The summed E-state index contributed by atoms with van der Waals surface area (Å²) in [7, 11) is -5.45. The zero-order valence-corrected chi connectivity index (χ0v) is 17.7. The van der Waals surface area contributed by atoms with Crippen LogP contribution in [0, 0.1) is 0 Å². The van der Waals surface area contributed by atoms with Crippen LogP contribution >= 0.6 is 22.9 Å². The van der Waals surface area contributed by atoms with E-state index in [-0.39, 0.29) is 18.9 Å². The Hall–Kier alpha value is -2.14. The maximum absolute atomic E-state index is 12.5. The van der Waals surface area contributed by atoms with Crippen LogP contribution in [0.15, 0.2) is 53.9 Å². The van der Waals surface area contributed by atoms with Crippen molar-refractivity contribution in [2.75, 3.05) is 11.3 Å². The molecule has 0 radical (unpaired) electrons. The summed E-state index contributed by atoms with van der Waals surface area (Å²) in [5.41, 5.74) is -3.32. The fraction of sp³-hybridized carbons (Fsp3) is 0.211. The van der Waals surface area contributed by atoms with Crippen molar-refractivity contribution < 1.29 is 26.3 Å². The number of aromatic nitrogens is 1. The minimum Gasteiger partial charge on any atom is -0.375 e. The summed E-state index contributed by atoms with van der Waals surface area (Å²) >= 11 is 7.62. The molecule has 0 spiro atoms. The first kappa shape index (κ1) is 22.5. The third-order valence-corrected chi connectivity index (χ3v) is 6.29. The van der Waals surface area contributed by atoms with Crippen LogP contribution in [0.1, 0.15) is 11.3 Å². The molecule has 0 aliphatic heterocycles. The quantitative estimate of drug-likeness (QED) is 0.437. The molecule has 2 aromatic carbocycles. The van der Waals surface area contributed by atoms with Gasteiger partial charge < -0.3 is 4.74 Å². The number of nitrogens with one attached hydrogen (secondary N) is 1. The first-order valence-electron chi connectivity index (χ1n) is 8.61. The van der Waals surface area contributed by atoms with Gasteiger partial charge in [-0.3, -0.25) is 4.72 Å². The number of nitrogens with zero attached hydrogens (tertiary/aromatic N) is 1. The molecule has 0 atom stereocenters. The van der Waals surface area contributed by atoms with Gasteiger partial charge in [0, 0.05) is 16.6 Å². The number of thiazole rings is 1. The van der Waals surface area contributed by atoms with Crippen LogP contribution in [0.3, 0.4) is 0 Å². The van der Waals surface area contributed by atoms with Gasteiger partial charge in [-0.2, -0.15) is 21.6 Å². The summed E-state index contributed by atoms with van der Waals surface area (Å²) in [5, 5.41) is 3.26. The van der Waals surface area contributed by atoms with Crippen molar-refractivity contribution in [3.8, 4) is 10.6 Å². The van der Waals surface area contributed by atoms with Gasteiger partial charge in [-0.15, -0.1) is 11.3 Å². The Kier molecular flexibility index (Phi) is 7.02. The SMILES string of the molecule is O=S(=O)(Nc1cccc(CCOCc2csc(-c3ccccc3Cl)n2)c1)C(F)(F)F. The van der Waals surface area contributed by atoms with Gasteiger partial charge >= 0.3 is 15.5 Å². The highest BCUT2D eigenvalue weighted by atomic mass is 35.5. The molecule has 0 bridgehead atoms. The number of rotatable bonds is 8. The summed E-state index contributed by atoms with van der Waals surface area (Å²) in [6.07, 6.45) is 0.392. The lowest BCUT2D eigenvalue weighted by Crippen LogP contribution is -2.29. The van der Waals surface area contributed by atoms with E-state index in [4.69, 9.17) is 16.3 Å². The van der Waals surface area contributed by atoms with Crippen LogP contribution in [0.25, 0.3) is 10.6 Å². The second kappa shape index (κ2) is 9.34. The normalized spacial score (nSPS) is 12.1. The minimum absolute atomic E-state index is 0.159. The van der Waals surface area contributed by atoms with Gasteiger partial charge in [0.2, 0.25) is 0 Å². The lowest BCUT2D eigenvalue weighted by Gasteiger charge is -2.11. The molecule has 30 heavy (non-hydrogen) atoms. The number of hydrogen-bond donors (Lipinski definition) is 1. The Labute approximate surface area is 180 Å². The molecule has 5 nitrogen and oxygen atoms in total. The van der Waals surface area contributed by atoms with Crippen molar-refractivity contribution in [1.82, 2.24) is 4.98 Å². The van der Waals surface area contributed by atoms with Crippen molar-refractivity contribution in [3.63, 3.8) is 0 Å². The lowest BCUT2D eigenvalue weighted by atomic mass is 10.1. The zero-order valence-electron chi connectivity index (χ0n) is 15.3. The lowest BCUT2D eigenvalue weighted by molar-refractivity contribution is -0.0429. The van der Waals surface area contributed by atoms with E-state index in [1.807, 2.05) is 23.6 Å². The van der Waals surface area contributed by atoms with Crippen LogP contribution in [0.4, 0.5) is 18.9 Å². The van der Waals surface area contributed by atoms with Gasteiger partial charge in [-0.1, -0.05) is 41.9 Å². The van der Waals surface area contributed by atoms with Gasteiger partial charge in [0.1, 0.15) is 5.01 Å². The highest BCUT2D eigenvalue weighted by Gasteiger charge is 2.46. The molecule has 0 unspecified atom stereocenters. The maximum Gasteiger partial charge on any atom is 0.516 e. The predicted molar refractivity (Wildman–Crippen MR) is 111 cm³/mol. The number of sulfonamides is 1. The summed E-state index contributed by atoms with van der Waals surface area (Å²) in [6, 6.07) is 13.1. The maximum atomic E-state index is 12.5. The van der Waals surface area contributed by atoms with Gasteiger partial charge in [-0.25, -0.2) is 4.98 Å². The van der Waals surface area contributed by atoms with Crippen LogP contribution in [-0.4, -0.2) is 25.5 Å². The van der Waals surface area contributed by atoms with Crippen LogP contribution in [-0.2, 0) is 27.8 Å². The largest absolute Gasteiger partial charge is 0.516 e. The number of benzene rings is 2. The first-order valence-corrected chi connectivity index (χ1v) is 11.3. The first-order chi connectivity index (χ1) is 14.2. The zero-order chi connectivity index (χ0) is 21.8. The summed E-state index contributed by atoms with van der Waals surface area (Å²) in [5.74, 6) is 0. The molecule has 11 heteroatoms. The highest BCUT2D eigenvalue weighted by molar-refractivity contribution is 7.93. The van der Waals surface area contributed by atoms with Crippen molar-refractivity contribution >= 4 is 38.6 Å². The standard InChI is InChI=1S/C19H16ClF3N2O3S2/c20-17-7-2-1-6-16(17)18-24-15(12-29-18)11-28-9-8-13-4-3-5-14(10-13)25-30(26,27)19(21,22)23/h1-7,10,12,25H,8-9,11H2. The molecule has 1 heterocycles. The minimum atomic E-state index is -5.45. The Morgan fingerprint density at radius 1 is 1.13 bits per heavy atom. The molecule has 160 valence electrons. The molecule has 3 aromatic rings. The highest BCUT2D eigenvalue weighted by Crippen LogP contribution is 2.30. The van der Waals surface area contributed by atoms with Gasteiger partial charge in [0.15, 0.2) is 0 Å². The second-order valence-corrected chi connectivity index (χ2v) is 9.12. The van der Waals surface area contributed by atoms with E-state index in [9.17, 15) is 21.6 Å². The molecule has 1 N–H and O–H groups in total. The molecular formula is C19H16ClF3N2O3S2. The third-order valence-electron chi connectivity index (χ3n) is 3.92. The second-order valence-electron chi connectivity index (χ2n) is 6.18. The summed E-state index contributed by atoms with van der Waals surface area (Å²) < 4.78 is 67.0. The average molecular weight is 477 g/mol. The number of halogens is 4. The Morgan fingerprint density at radius 3 is 2.63 bits per heavy atom. The van der Waals surface area contributed by atoms with Crippen LogP contribution in [0.2, 0.25) is 5.02 Å². The van der Waals surface area contributed by atoms with E-state index in [2.05, 4.69) is 4.98 Å². The molecule has 1 aromatic heterocycles. The molecule has 0 saturated carbocycles. The number of hydrogen-bond acceptors (Lipinski definition) is 5. The number of ether oxygens (including phenoxy) is 1. The Bertz CT molecular complexity index is 1120. The van der Waals surface area contributed by atoms with Crippen LogP contribution in [0.5, 0.6) is 0 Å². The molecule has 0 amide bonds. The Morgan fingerprint density at radius 2 is 1.90 bits per heavy atom. The number of anilines is 1. The smallest absolute Gasteiger partial charge is 0.375 e. The van der Waals surface area contributed by atoms with Crippen molar-refractivity contribution in [1.29, 1.82) is 0 Å². The van der Waals surface area contributed by atoms with Gasteiger partial charge in [-0.05, 0) is 30.2 Å². The fourth-order valence-electron chi connectivity index (χ4n) is 2.50. The number of alkyl halides is 3. The van der Waals surface area contributed by atoms with Crippen molar-refractivity contribution in [2.45, 2.75) is 18.5 Å². The van der Waals surface area contributed by atoms with E-state index in [0.29, 0.717) is 17.0 Å². The molecule has 3 rings (SSSR count). The van der Waals surface area contributed by atoms with E-state index in [0.717, 1.165) is 16.3 Å². The molecule has 0 saturated heterocycles. The van der Waals surface area contributed by atoms with Gasteiger partial charge in [0.05, 0.1) is 23.9 Å². The monoisotopic (exact) mass is 476 g/mol. The molecule has 0 aliphatic rings. The van der Waals surface area contributed by atoms with Crippen LogP contribution < -0.4 is 4.72 Å². The fourth-order valence-corrected chi connectivity index (χ4v) is 4.18. The molecular weight excluding hydrogens is 461 g/mol. The van der Waals surface area contributed by atoms with Gasteiger partial charge in [0.25, 0.3) is 0 Å². The van der Waals surface area contributed by atoms with E-state index in [1.165, 1.54) is 34.3 Å². The Balaban J connectivity index is 1.52. The molecule has 0 fully saturated rings. The van der Waals surface area contributed by atoms with Crippen molar-refractivity contribution in [3.05, 3.63) is 70.2 Å². The average Bonchev–Trinajstić information content (AvgIpc) is 3.13. The van der Waals surface area contributed by atoms with E-state index < -0.39 is 15.5 Å². The molecule has 0 aliphatic carbocycles. The summed E-state index contributed by atoms with van der Waals surface area (Å²) in [6.45, 7) is 0.551. The third kappa shape index (κ3) is 5.72. The van der Waals surface area contributed by atoms with Crippen molar-refractivity contribution in [2.24, 2.45) is 0 Å². The van der Waals surface area contributed by atoms with E-state index >= 15 is 0 Å². The topological polar surface area (TPSA) is 68.3 Å².